The van der Waals surface area contributed by atoms with Crippen LogP contribution in [0.5, 0.6) is 0 Å². The number of hydrogen-bond donors (Lipinski definition) is 3. The summed E-state index contributed by atoms with van der Waals surface area (Å²) in [6.07, 6.45) is 9.56. The van der Waals surface area contributed by atoms with Crippen LogP contribution in [-0.2, 0) is 15.0 Å². The van der Waals surface area contributed by atoms with Gasteiger partial charge in [0.25, 0.3) is 0 Å². The molecule has 1 saturated heterocycles. The zero-order valence-electron chi connectivity index (χ0n) is 20.7. The van der Waals surface area contributed by atoms with E-state index in [0.717, 1.165) is 50.5 Å². The van der Waals surface area contributed by atoms with E-state index in [-0.39, 0.29) is 22.9 Å². The summed E-state index contributed by atoms with van der Waals surface area (Å²) in [5.41, 5.74) is -0.196. The van der Waals surface area contributed by atoms with E-state index in [1.54, 1.807) is 24.3 Å². The van der Waals surface area contributed by atoms with Gasteiger partial charge in [-0.3, -0.25) is 14.9 Å². The Bertz CT molecular complexity index is 1240. The molecule has 0 bridgehead atoms. The lowest BCUT2D eigenvalue weighted by atomic mass is 9.55. The van der Waals surface area contributed by atoms with Gasteiger partial charge in [0.05, 0.1) is 11.1 Å². The number of halogens is 3. The Morgan fingerprint density at radius 1 is 1.00 bits per heavy atom. The lowest BCUT2D eigenvalue weighted by Crippen LogP contribution is -2.60. The molecule has 8 heteroatoms. The van der Waals surface area contributed by atoms with Crippen molar-refractivity contribution < 1.29 is 14.0 Å². The molecule has 3 unspecified atom stereocenters. The first-order valence-electron chi connectivity index (χ1n) is 13.5. The number of hydrogen-bond acceptors (Lipinski definition) is 3. The zero-order chi connectivity index (χ0) is 25.8. The van der Waals surface area contributed by atoms with Crippen LogP contribution in [0.4, 0.5) is 10.1 Å². The SMILES string of the molecule is O=C(NC1CCCCC1)C1NC2(CCCCC2)C2(C(=O)Nc3cc(Cl)ccc32)C1c1cccc(Cl)c1F. The highest BCUT2D eigenvalue weighted by Gasteiger charge is 2.72. The van der Waals surface area contributed by atoms with Crippen molar-refractivity contribution in [3.8, 4) is 0 Å². The summed E-state index contributed by atoms with van der Waals surface area (Å²) in [6.45, 7) is 0. The van der Waals surface area contributed by atoms with Crippen molar-refractivity contribution in [3.63, 3.8) is 0 Å². The third-order valence-corrected chi connectivity index (χ3v) is 9.78. The summed E-state index contributed by atoms with van der Waals surface area (Å²) in [4.78, 5) is 28.3. The number of nitrogens with one attached hydrogen (secondary N) is 3. The van der Waals surface area contributed by atoms with E-state index in [0.29, 0.717) is 29.1 Å². The number of amides is 2. The molecule has 2 aliphatic carbocycles. The van der Waals surface area contributed by atoms with Crippen LogP contribution in [0.2, 0.25) is 10.0 Å². The molecule has 0 radical (unpaired) electrons. The van der Waals surface area contributed by atoms with Gasteiger partial charge < -0.3 is 10.6 Å². The largest absolute Gasteiger partial charge is 0.352 e. The predicted octanol–water partition coefficient (Wildman–Crippen LogP) is 6.23. The van der Waals surface area contributed by atoms with Crippen LogP contribution >= 0.6 is 23.2 Å². The Kier molecular flexibility index (Phi) is 6.49. The maximum absolute atomic E-state index is 15.9. The maximum Gasteiger partial charge on any atom is 0.238 e. The second kappa shape index (κ2) is 9.55. The molecule has 2 amide bonds. The van der Waals surface area contributed by atoms with Crippen molar-refractivity contribution in [1.82, 2.24) is 10.6 Å². The Morgan fingerprint density at radius 2 is 1.73 bits per heavy atom. The molecule has 4 aliphatic rings. The second-order valence-corrected chi connectivity index (χ2v) is 12.0. The summed E-state index contributed by atoms with van der Waals surface area (Å²) in [7, 11) is 0. The standard InChI is InChI=1S/C29H32Cl2FN3O2/c30-17-12-13-20-22(16-17)34-27(37)29(20)23(19-10-7-11-21(31)24(19)32)25(35-28(29)14-5-2-6-15-28)26(36)33-18-8-3-1-4-9-18/h7,10-13,16,18,23,25,35H,1-6,8-9,14-15H2,(H,33,36)(H,34,37). The molecular formula is C29H32Cl2FN3O2. The van der Waals surface area contributed by atoms with Gasteiger partial charge in [-0.2, -0.15) is 0 Å². The van der Waals surface area contributed by atoms with Crippen molar-refractivity contribution >= 4 is 40.7 Å². The molecular weight excluding hydrogens is 512 g/mol. The zero-order valence-corrected chi connectivity index (χ0v) is 22.2. The van der Waals surface area contributed by atoms with Gasteiger partial charge in [-0.15, -0.1) is 0 Å². The normalized spacial score (nSPS) is 28.9. The van der Waals surface area contributed by atoms with Gasteiger partial charge in [0.15, 0.2) is 0 Å². The molecule has 196 valence electrons. The Hall–Kier alpha value is -2.15. The minimum atomic E-state index is -1.19. The Morgan fingerprint density at radius 3 is 2.49 bits per heavy atom. The third kappa shape index (κ3) is 3.82. The number of anilines is 1. The topological polar surface area (TPSA) is 70.2 Å². The average Bonchev–Trinajstić information content (AvgIpc) is 3.34. The van der Waals surface area contributed by atoms with Crippen LogP contribution in [0.1, 0.15) is 81.3 Å². The lowest BCUT2D eigenvalue weighted by molar-refractivity contribution is -0.124. The summed E-state index contributed by atoms with van der Waals surface area (Å²) in [5.74, 6) is -1.74. The second-order valence-electron chi connectivity index (χ2n) is 11.2. The van der Waals surface area contributed by atoms with E-state index < -0.39 is 28.7 Å². The number of benzene rings is 2. The fourth-order valence-corrected chi connectivity index (χ4v) is 8.11. The van der Waals surface area contributed by atoms with Crippen molar-refractivity contribution in [2.24, 2.45) is 0 Å². The number of carbonyl (C=O) groups is 2. The fourth-order valence-electron chi connectivity index (χ4n) is 7.76. The van der Waals surface area contributed by atoms with Gasteiger partial charge in [-0.05, 0) is 55.0 Å². The molecule has 3 N–H and O–H groups in total. The summed E-state index contributed by atoms with van der Waals surface area (Å²) >= 11 is 12.6. The number of fused-ring (bicyclic) bond motifs is 3. The first-order valence-corrected chi connectivity index (χ1v) is 14.3. The molecule has 2 aromatic carbocycles. The average molecular weight is 544 g/mol. The van der Waals surface area contributed by atoms with Crippen molar-refractivity contribution in [2.45, 2.75) is 93.2 Å². The number of carbonyl (C=O) groups excluding carboxylic acids is 2. The molecule has 2 aliphatic heterocycles. The highest BCUT2D eigenvalue weighted by molar-refractivity contribution is 6.31. The number of rotatable bonds is 3. The molecule has 5 nitrogen and oxygen atoms in total. The van der Waals surface area contributed by atoms with Crippen LogP contribution in [0.3, 0.4) is 0 Å². The quantitative estimate of drug-likeness (QED) is 0.429. The molecule has 2 saturated carbocycles. The van der Waals surface area contributed by atoms with E-state index in [2.05, 4.69) is 16.0 Å². The van der Waals surface area contributed by atoms with Crippen molar-refractivity contribution in [3.05, 3.63) is 63.4 Å². The lowest BCUT2D eigenvalue weighted by Gasteiger charge is -2.47. The van der Waals surface area contributed by atoms with E-state index in [1.165, 1.54) is 12.5 Å². The molecule has 6 rings (SSSR count). The van der Waals surface area contributed by atoms with Gasteiger partial charge >= 0.3 is 0 Å². The minimum absolute atomic E-state index is 0.0154. The van der Waals surface area contributed by atoms with Crippen LogP contribution in [-0.4, -0.2) is 29.4 Å². The van der Waals surface area contributed by atoms with Gasteiger partial charge in [-0.1, -0.05) is 79.9 Å². The van der Waals surface area contributed by atoms with Crippen molar-refractivity contribution in [1.29, 1.82) is 0 Å². The van der Waals surface area contributed by atoms with Gasteiger partial charge in [0.1, 0.15) is 11.2 Å². The van der Waals surface area contributed by atoms with Crippen molar-refractivity contribution in [2.75, 3.05) is 5.32 Å². The third-order valence-electron chi connectivity index (χ3n) is 9.26. The first kappa shape index (κ1) is 25.1. The van der Waals surface area contributed by atoms with Crippen LogP contribution in [0, 0.1) is 5.82 Å². The minimum Gasteiger partial charge on any atom is -0.352 e. The van der Waals surface area contributed by atoms with Gasteiger partial charge in [0.2, 0.25) is 11.8 Å². The van der Waals surface area contributed by atoms with E-state index in [4.69, 9.17) is 23.2 Å². The highest BCUT2D eigenvalue weighted by atomic mass is 35.5. The molecule has 0 aromatic heterocycles. The summed E-state index contributed by atoms with van der Waals surface area (Å²) < 4.78 is 15.9. The van der Waals surface area contributed by atoms with E-state index >= 15 is 4.39 Å². The van der Waals surface area contributed by atoms with Gasteiger partial charge in [-0.25, -0.2) is 4.39 Å². The highest BCUT2D eigenvalue weighted by Crippen LogP contribution is 2.62. The van der Waals surface area contributed by atoms with Crippen LogP contribution in [0.15, 0.2) is 36.4 Å². The molecule has 37 heavy (non-hydrogen) atoms. The summed E-state index contributed by atoms with van der Waals surface area (Å²) in [6, 6.07) is 9.59. The first-order chi connectivity index (χ1) is 17.9. The molecule has 3 fully saturated rings. The molecule has 2 aromatic rings. The molecule has 2 heterocycles. The molecule has 3 atom stereocenters. The smallest absolute Gasteiger partial charge is 0.238 e. The van der Waals surface area contributed by atoms with E-state index in [1.807, 2.05) is 6.07 Å². The van der Waals surface area contributed by atoms with Crippen LogP contribution in [0.25, 0.3) is 0 Å². The van der Waals surface area contributed by atoms with E-state index in [9.17, 15) is 9.59 Å². The Balaban J connectivity index is 1.56. The fraction of sp³-hybridized carbons (Fsp3) is 0.517. The maximum atomic E-state index is 15.9. The molecule has 2 spiro atoms. The Labute approximate surface area is 226 Å². The predicted molar refractivity (Wildman–Crippen MR) is 144 cm³/mol. The van der Waals surface area contributed by atoms with Gasteiger partial charge in [0, 0.05) is 28.2 Å². The summed E-state index contributed by atoms with van der Waals surface area (Å²) in [5, 5.41) is 10.5. The monoisotopic (exact) mass is 543 g/mol. The van der Waals surface area contributed by atoms with Crippen LogP contribution < -0.4 is 16.0 Å².